The molecule has 0 unspecified atom stereocenters. The lowest BCUT2D eigenvalue weighted by Gasteiger charge is -2.23. The van der Waals surface area contributed by atoms with Crippen molar-refractivity contribution < 1.29 is 9.47 Å². The largest absolute Gasteiger partial charge is 0.497 e. The number of anilines is 4. The average Bonchev–Trinajstić information content (AvgIpc) is 2.69. The highest BCUT2D eigenvalue weighted by atomic mass is 16.5. The maximum Gasteiger partial charge on any atom is 0.146 e. The minimum absolute atomic E-state index is 0.681. The molecule has 0 bridgehead atoms. The van der Waals surface area contributed by atoms with Crippen LogP contribution in [-0.4, -0.2) is 30.7 Å². The maximum absolute atomic E-state index is 5.45. The van der Waals surface area contributed by atoms with E-state index in [-0.39, 0.29) is 0 Å². The molecule has 0 atom stereocenters. The molecule has 2 aromatic carbocycles. The Morgan fingerprint density at radius 2 is 1.85 bits per heavy atom. The molecule has 0 radical (unpaired) electrons. The van der Waals surface area contributed by atoms with E-state index in [4.69, 9.17) is 9.47 Å². The minimum atomic E-state index is 0.681. The van der Waals surface area contributed by atoms with Crippen LogP contribution in [0.4, 0.5) is 23.0 Å². The molecule has 0 aliphatic heterocycles. The summed E-state index contributed by atoms with van der Waals surface area (Å²) in [6, 6.07) is 15.9. The zero-order valence-corrected chi connectivity index (χ0v) is 16.1. The lowest BCUT2D eigenvalue weighted by molar-refractivity contribution is 0.395. The van der Waals surface area contributed by atoms with Crippen molar-refractivity contribution in [1.82, 2.24) is 9.97 Å². The van der Waals surface area contributed by atoms with Gasteiger partial charge in [-0.15, -0.1) is 0 Å². The van der Waals surface area contributed by atoms with Crippen molar-refractivity contribution in [1.29, 1.82) is 0 Å². The first-order valence-corrected chi connectivity index (χ1v) is 8.80. The average molecular weight is 364 g/mol. The van der Waals surface area contributed by atoms with Gasteiger partial charge in [0.25, 0.3) is 0 Å². The fourth-order valence-electron chi connectivity index (χ4n) is 2.88. The van der Waals surface area contributed by atoms with Gasteiger partial charge >= 0.3 is 0 Å². The van der Waals surface area contributed by atoms with Crippen LogP contribution in [0, 0.1) is 6.92 Å². The van der Waals surface area contributed by atoms with E-state index >= 15 is 0 Å². The van der Waals surface area contributed by atoms with Crippen LogP contribution in [0.1, 0.15) is 12.5 Å². The summed E-state index contributed by atoms with van der Waals surface area (Å²) in [5, 5.41) is 3.30. The van der Waals surface area contributed by atoms with Crippen LogP contribution in [0.3, 0.4) is 0 Å². The van der Waals surface area contributed by atoms with Crippen molar-refractivity contribution >= 4 is 23.0 Å². The number of hydrogen-bond acceptors (Lipinski definition) is 6. The van der Waals surface area contributed by atoms with Gasteiger partial charge in [-0.2, -0.15) is 0 Å². The fourth-order valence-corrected chi connectivity index (χ4v) is 2.88. The molecule has 27 heavy (non-hydrogen) atoms. The molecule has 6 nitrogen and oxygen atoms in total. The molecule has 1 heterocycles. The first kappa shape index (κ1) is 18.5. The summed E-state index contributed by atoms with van der Waals surface area (Å²) in [5.74, 6) is 2.93. The SMILES string of the molecule is CCN(c1cccc(C)c1)c1cc(Nc2ccc(OC)cc2OC)ncn1. The van der Waals surface area contributed by atoms with E-state index in [0.29, 0.717) is 11.6 Å². The summed E-state index contributed by atoms with van der Waals surface area (Å²) in [4.78, 5) is 10.9. The van der Waals surface area contributed by atoms with Crippen molar-refractivity contribution in [3.05, 3.63) is 60.4 Å². The molecular weight excluding hydrogens is 340 g/mol. The van der Waals surface area contributed by atoms with E-state index in [1.165, 1.54) is 5.56 Å². The van der Waals surface area contributed by atoms with Gasteiger partial charge in [-0.3, -0.25) is 0 Å². The lowest BCUT2D eigenvalue weighted by atomic mass is 10.2. The highest BCUT2D eigenvalue weighted by molar-refractivity contribution is 5.69. The Labute approximate surface area is 159 Å². The first-order valence-electron chi connectivity index (χ1n) is 8.80. The van der Waals surface area contributed by atoms with Crippen molar-refractivity contribution in [3.8, 4) is 11.5 Å². The van der Waals surface area contributed by atoms with E-state index < -0.39 is 0 Å². The number of methoxy groups -OCH3 is 2. The minimum Gasteiger partial charge on any atom is -0.497 e. The van der Waals surface area contributed by atoms with Gasteiger partial charge in [0, 0.05) is 24.4 Å². The molecule has 0 spiro atoms. The van der Waals surface area contributed by atoms with E-state index in [1.807, 2.05) is 24.3 Å². The molecule has 6 heteroatoms. The number of rotatable bonds is 7. The van der Waals surface area contributed by atoms with E-state index in [0.717, 1.165) is 29.5 Å². The van der Waals surface area contributed by atoms with Gasteiger partial charge in [-0.05, 0) is 43.7 Å². The van der Waals surface area contributed by atoms with Crippen molar-refractivity contribution in [2.24, 2.45) is 0 Å². The van der Waals surface area contributed by atoms with Gasteiger partial charge in [0.1, 0.15) is 29.5 Å². The van der Waals surface area contributed by atoms with Gasteiger partial charge in [0.15, 0.2) is 0 Å². The van der Waals surface area contributed by atoms with Crippen LogP contribution >= 0.6 is 0 Å². The second-order valence-corrected chi connectivity index (χ2v) is 6.04. The number of benzene rings is 2. The third kappa shape index (κ3) is 4.28. The number of hydrogen-bond donors (Lipinski definition) is 1. The Bertz CT molecular complexity index is 914. The smallest absolute Gasteiger partial charge is 0.146 e. The summed E-state index contributed by atoms with van der Waals surface area (Å²) in [5.41, 5.74) is 3.12. The Morgan fingerprint density at radius 1 is 1.00 bits per heavy atom. The van der Waals surface area contributed by atoms with E-state index in [9.17, 15) is 0 Å². The predicted octanol–water partition coefficient (Wildman–Crippen LogP) is 4.70. The monoisotopic (exact) mass is 364 g/mol. The molecular formula is C21H24N4O2. The van der Waals surface area contributed by atoms with Gasteiger partial charge < -0.3 is 19.7 Å². The number of nitrogens with zero attached hydrogens (tertiary/aromatic N) is 3. The summed E-state index contributed by atoms with van der Waals surface area (Å²) < 4.78 is 10.7. The van der Waals surface area contributed by atoms with Crippen LogP contribution in [-0.2, 0) is 0 Å². The van der Waals surface area contributed by atoms with Gasteiger partial charge in [-0.25, -0.2) is 9.97 Å². The molecule has 3 rings (SSSR count). The molecule has 1 aromatic heterocycles. The molecule has 0 saturated carbocycles. The highest BCUT2D eigenvalue weighted by Gasteiger charge is 2.11. The first-order chi connectivity index (χ1) is 13.1. The Balaban J connectivity index is 1.89. The van der Waals surface area contributed by atoms with E-state index in [2.05, 4.69) is 58.3 Å². The maximum atomic E-state index is 5.45. The van der Waals surface area contributed by atoms with E-state index in [1.54, 1.807) is 20.5 Å². The highest BCUT2D eigenvalue weighted by Crippen LogP contribution is 2.32. The number of aryl methyl sites for hydroxylation is 1. The molecule has 0 aliphatic carbocycles. The third-order valence-corrected chi connectivity index (χ3v) is 4.23. The van der Waals surface area contributed by atoms with Crippen LogP contribution < -0.4 is 19.7 Å². The molecule has 3 aromatic rings. The summed E-state index contributed by atoms with van der Waals surface area (Å²) in [6.45, 7) is 4.98. The van der Waals surface area contributed by atoms with Crippen molar-refractivity contribution in [2.75, 3.05) is 31.0 Å². The van der Waals surface area contributed by atoms with Crippen LogP contribution in [0.15, 0.2) is 54.9 Å². The second-order valence-electron chi connectivity index (χ2n) is 6.04. The molecule has 0 amide bonds. The number of ether oxygens (including phenoxy) is 2. The second kappa shape index (κ2) is 8.40. The summed E-state index contributed by atoms with van der Waals surface area (Å²) in [6.07, 6.45) is 1.56. The Kier molecular flexibility index (Phi) is 5.76. The third-order valence-electron chi connectivity index (χ3n) is 4.23. The normalized spacial score (nSPS) is 10.4. The van der Waals surface area contributed by atoms with Gasteiger partial charge in [0.2, 0.25) is 0 Å². The number of aromatic nitrogens is 2. The summed E-state index contributed by atoms with van der Waals surface area (Å²) >= 11 is 0. The van der Waals surface area contributed by atoms with Crippen molar-refractivity contribution in [2.45, 2.75) is 13.8 Å². The van der Waals surface area contributed by atoms with Gasteiger partial charge in [0.05, 0.1) is 19.9 Å². The van der Waals surface area contributed by atoms with Gasteiger partial charge in [-0.1, -0.05) is 12.1 Å². The van der Waals surface area contributed by atoms with Crippen molar-refractivity contribution in [3.63, 3.8) is 0 Å². The topological polar surface area (TPSA) is 59.5 Å². The quantitative estimate of drug-likeness (QED) is 0.655. The lowest BCUT2D eigenvalue weighted by Crippen LogP contribution is -2.17. The molecule has 0 saturated heterocycles. The standard InChI is InChI=1S/C21H24N4O2/c1-5-25(16-8-6-7-15(2)11-16)21-13-20(22-14-23-21)24-18-10-9-17(26-3)12-19(18)27-4/h6-14H,5H2,1-4H3,(H,22,23,24). The molecule has 0 aliphatic rings. The molecule has 1 N–H and O–H groups in total. The van der Waals surface area contributed by atoms with Crippen LogP contribution in [0.25, 0.3) is 0 Å². The number of nitrogens with one attached hydrogen (secondary N) is 1. The zero-order chi connectivity index (χ0) is 19.2. The zero-order valence-electron chi connectivity index (χ0n) is 16.1. The van der Waals surface area contributed by atoms with Crippen LogP contribution in [0.5, 0.6) is 11.5 Å². The Morgan fingerprint density at radius 3 is 2.56 bits per heavy atom. The molecule has 140 valence electrons. The molecule has 0 fully saturated rings. The fraction of sp³-hybridized carbons (Fsp3) is 0.238. The predicted molar refractivity (Wildman–Crippen MR) is 109 cm³/mol. The van der Waals surface area contributed by atoms with Crippen LogP contribution in [0.2, 0.25) is 0 Å². The Hall–Kier alpha value is -3.28. The summed E-state index contributed by atoms with van der Waals surface area (Å²) in [7, 11) is 3.26.